The van der Waals surface area contributed by atoms with Crippen LogP contribution in [0.15, 0.2) is 18.2 Å². The van der Waals surface area contributed by atoms with Crippen molar-refractivity contribution < 1.29 is 9.59 Å². The summed E-state index contributed by atoms with van der Waals surface area (Å²) < 4.78 is 0. The van der Waals surface area contributed by atoms with Gasteiger partial charge in [0.15, 0.2) is 5.78 Å². The highest BCUT2D eigenvalue weighted by atomic mass is 16.2. The van der Waals surface area contributed by atoms with Crippen molar-refractivity contribution >= 4 is 17.4 Å². The lowest BCUT2D eigenvalue weighted by atomic mass is 9.95. The van der Waals surface area contributed by atoms with Crippen molar-refractivity contribution in [2.45, 2.75) is 40.5 Å². The first kappa shape index (κ1) is 14.3. The molecule has 0 spiro atoms. The van der Waals surface area contributed by atoms with E-state index in [-0.39, 0.29) is 28.4 Å². The Morgan fingerprint density at radius 1 is 1.14 bits per heavy atom. The fourth-order valence-corrected chi connectivity index (χ4v) is 3.83. The van der Waals surface area contributed by atoms with Crippen molar-refractivity contribution in [3.63, 3.8) is 0 Å². The zero-order valence-corrected chi connectivity index (χ0v) is 13.5. The van der Waals surface area contributed by atoms with E-state index in [1.165, 1.54) is 0 Å². The van der Waals surface area contributed by atoms with Crippen LogP contribution < -0.4 is 4.90 Å². The molecule has 0 saturated heterocycles. The molecule has 0 N–H and O–H groups in total. The third-order valence-corrected chi connectivity index (χ3v) is 5.99. The molecule has 3 nitrogen and oxygen atoms in total. The van der Waals surface area contributed by atoms with Gasteiger partial charge in [-0.05, 0) is 41.0 Å². The number of hydrogen-bond acceptors (Lipinski definition) is 2. The SMILES string of the molecule is CN1C(=O)CCc2cc(C(=O)C3C(C)(C)C3(C)C)ccc21. The van der Waals surface area contributed by atoms with Gasteiger partial charge >= 0.3 is 0 Å². The molecule has 0 unspecified atom stereocenters. The maximum absolute atomic E-state index is 12.8. The van der Waals surface area contributed by atoms with Gasteiger partial charge in [-0.25, -0.2) is 0 Å². The molecule has 1 aliphatic carbocycles. The number of benzene rings is 1. The van der Waals surface area contributed by atoms with Gasteiger partial charge in [-0.15, -0.1) is 0 Å². The van der Waals surface area contributed by atoms with Crippen LogP contribution in [0, 0.1) is 16.7 Å². The minimum absolute atomic E-state index is 0.0622. The first-order chi connectivity index (χ1) is 9.68. The molecule has 1 aliphatic heterocycles. The molecule has 0 radical (unpaired) electrons. The maximum atomic E-state index is 12.8. The summed E-state index contributed by atoms with van der Waals surface area (Å²) in [7, 11) is 1.80. The maximum Gasteiger partial charge on any atom is 0.227 e. The van der Waals surface area contributed by atoms with E-state index < -0.39 is 0 Å². The minimum atomic E-state index is 0.0622. The monoisotopic (exact) mass is 285 g/mol. The molecule has 1 aromatic carbocycles. The van der Waals surface area contributed by atoms with Crippen LogP contribution in [0.3, 0.4) is 0 Å². The van der Waals surface area contributed by atoms with Gasteiger partial charge in [0.2, 0.25) is 5.91 Å². The number of fused-ring (bicyclic) bond motifs is 1. The Balaban J connectivity index is 1.92. The molecule has 3 heteroatoms. The zero-order valence-electron chi connectivity index (χ0n) is 13.5. The lowest BCUT2D eigenvalue weighted by molar-refractivity contribution is -0.118. The smallest absolute Gasteiger partial charge is 0.227 e. The molecule has 0 bridgehead atoms. The summed E-state index contributed by atoms with van der Waals surface area (Å²) in [6.07, 6.45) is 1.26. The van der Waals surface area contributed by atoms with Crippen molar-refractivity contribution in [3.05, 3.63) is 29.3 Å². The van der Waals surface area contributed by atoms with Gasteiger partial charge in [-0.3, -0.25) is 9.59 Å². The number of amides is 1. The van der Waals surface area contributed by atoms with E-state index in [1.54, 1.807) is 11.9 Å². The number of hydrogen-bond donors (Lipinski definition) is 0. The molecule has 0 atom stereocenters. The molecule has 1 aromatic rings. The lowest BCUT2D eigenvalue weighted by Crippen LogP contribution is -2.31. The summed E-state index contributed by atoms with van der Waals surface area (Å²) in [6, 6.07) is 5.79. The molecule has 1 amide bonds. The first-order valence-electron chi connectivity index (χ1n) is 7.61. The summed E-state index contributed by atoms with van der Waals surface area (Å²) >= 11 is 0. The molecule has 3 rings (SSSR count). The summed E-state index contributed by atoms with van der Waals surface area (Å²) in [5, 5.41) is 0. The van der Waals surface area contributed by atoms with E-state index in [2.05, 4.69) is 27.7 Å². The van der Waals surface area contributed by atoms with Gasteiger partial charge in [-0.1, -0.05) is 27.7 Å². The van der Waals surface area contributed by atoms with Crippen molar-refractivity contribution in [1.82, 2.24) is 0 Å². The molecular formula is C18H23NO2. The lowest BCUT2D eigenvalue weighted by Gasteiger charge is -2.26. The van der Waals surface area contributed by atoms with Gasteiger partial charge < -0.3 is 4.90 Å². The minimum Gasteiger partial charge on any atom is -0.315 e. The first-order valence-corrected chi connectivity index (χ1v) is 7.61. The van der Waals surface area contributed by atoms with Crippen LogP contribution in [-0.4, -0.2) is 18.7 Å². The predicted octanol–water partition coefficient (Wildman–Crippen LogP) is 3.46. The highest BCUT2D eigenvalue weighted by Gasteiger charge is 2.67. The van der Waals surface area contributed by atoms with Crippen molar-refractivity contribution in [2.24, 2.45) is 16.7 Å². The van der Waals surface area contributed by atoms with Crippen LogP contribution in [0.25, 0.3) is 0 Å². The van der Waals surface area contributed by atoms with E-state index in [9.17, 15) is 9.59 Å². The van der Waals surface area contributed by atoms with Gasteiger partial charge in [0.25, 0.3) is 0 Å². The third kappa shape index (κ3) is 1.86. The number of nitrogens with zero attached hydrogens (tertiary/aromatic N) is 1. The second-order valence-electron chi connectivity index (χ2n) is 7.54. The van der Waals surface area contributed by atoms with Crippen molar-refractivity contribution in [1.29, 1.82) is 0 Å². The standard InChI is InChI=1S/C18H23NO2/c1-17(2)16(18(17,3)4)15(21)12-6-8-13-11(10-12)7-9-14(20)19(13)5/h6,8,10,16H,7,9H2,1-5H3. The number of carbonyl (C=O) groups excluding carboxylic acids is 2. The number of carbonyl (C=O) groups is 2. The van der Waals surface area contributed by atoms with Crippen LogP contribution in [-0.2, 0) is 11.2 Å². The Bertz CT molecular complexity index is 629. The summed E-state index contributed by atoms with van der Waals surface area (Å²) in [5.74, 6) is 0.476. The van der Waals surface area contributed by atoms with Crippen LogP contribution >= 0.6 is 0 Å². The average Bonchev–Trinajstić information content (AvgIpc) is 2.83. The van der Waals surface area contributed by atoms with Crippen molar-refractivity contribution in [3.8, 4) is 0 Å². The van der Waals surface area contributed by atoms with Crippen LogP contribution in [0.4, 0.5) is 5.69 Å². The number of ketones is 1. The predicted molar refractivity (Wildman–Crippen MR) is 83.6 cm³/mol. The van der Waals surface area contributed by atoms with E-state index in [0.717, 1.165) is 23.2 Å². The molecule has 1 fully saturated rings. The zero-order chi connectivity index (χ0) is 15.6. The van der Waals surface area contributed by atoms with E-state index >= 15 is 0 Å². The van der Waals surface area contributed by atoms with Crippen LogP contribution in [0.2, 0.25) is 0 Å². The van der Waals surface area contributed by atoms with E-state index in [4.69, 9.17) is 0 Å². The molecule has 1 saturated carbocycles. The topological polar surface area (TPSA) is 37.4 Å². The third-order valence-electron chi connectivity index (χ3n) is 5.99. The van der Waals surface area contributed by atoms with Gasteiger partial charge in [0, 0.05) is 30.6 Å². The summed E-state index contributed by atoms with van der Waals surface area (Å²) in [5.41, 5.74) is 2.97. The average molecular weight is 285 g/mol. The Labute approximate surface area is 126 Å². The number of anilines is 1. The Morgan fingerprint density at radius 3 is 2.33 bits per heavy atom. The molecule has 0 aromatic heterocycles. The van der Waals surface area contributed by atoms with Crippen LogP contribution in [0.1, 0.15) is 50.0 Å². The van der Waals surface area contributed by atoms with E-state index in [1.807, 2.05) is 18.2 Å². The summed E-state index contributed by atoms with van der Waals surface area (Å²) in [6.45, 7) is 8.67. The number of Topliss-reactive ketones (excluding diaryl/α,β-unsaturated/α-hetero) is 1. The normalized spacial score (nSPS) is 22.9. The van der Waals surface area contributed by atoms with E-state index in [0.29, 0.717) is 6.42 Å². The number of rotatable bonds is 2. The molecule has 21 heavy (non-hydrogen) atoms. The Morgan fingerprint density at radius 2 is 1.76 bits per heavy atom. The molecule has 2 aliphatic rings. The Hall–Kier alpha value is -1.64. The van der Waals surface area contributed by atoms with Gasteiger partial charge in [-0.2, -0.15) is 0 Å². The molecule has 112 valence electrons. The highest BCUT2D eigenvalue weighted by Crippen LogP contribution is 2.69. The van der Waals surface area contributed by atoms with Crippen LogP contribution in [0.5, 0.6) is 0 Å². The second-order valence-corrected chi connectivity index (χ2v) is 7.54. The number of aryl methyl sites for hydroxylation is 1. The Kier molecular flexibility index (Phi) is 2.85. The fraction of sp³-hybridized carbons (Fsp3) is 0.556. The van der Waals surface area contributed by atoms with Gasteiger partial charge in [0.05, 0.1) is 0 Å². The largest absolute Gasteiger partial charge is 0.315 e. The summed E-state index contributed by atoms with van der Waals surface area (Å²) in [4.78, 5) is 26.2. The second kappa shape index (κ2) is 4.19. The highest BCUT2D eigenvalue weighted by molar-refractivity contribution is 6.03. The molecular weight excluding hydrogens is 262 g/mol. The fourth-order valence-electron chi connectivity index (χ4n) is 3.83. The van der Waals surface area contributed by atoms with Crippen molar-refractivity contribution in [2.75, 3.05) is 11.9 Å². The quantitative estimate of drug-likeness (QED) is 0.780. The molecule has 1 heterocycles. The van der Waals surface area contributed by atoms with Gasteiger partial charge in [0.1, 0.15) is 0 Å².